The zero-order chi connectivity index (χ0) is 13.9. The van der Waals surface area contributed by atoms with Gasteiger partial charge in [-0.2, -0.15) is 0 Å². The first kappa shape index (κ1) is 13.1. The molecule has 1 heterocycles. The van der Waals surface area contributed by atoms with Crippen LogP contribution in [0.5, 0.6) is 0 Å². The second-order valence-electron chi connectivity index (χ2n) is 5.45. The third-order valence-corrected chi connectivity index (χ3v) is 4.03. The molecule has 2 aromatic rings. The second-order valence-corrected chi connectivity index (χ2v) is 5.45. The summed E-state index contributed by atoms with van der Waals surface area (Å²) in [5.41, 5.74) is 1.18. The van der Waals surface area contributed by atoms with E-state index in [4.69, 9.17) is 0 Å². The van der Waals surface area contributed by atoms with E-state index in [1.165, 1.54) is 16.3 Å². The quantitative estimate of drug-likeness (QED) is 0.898. The number of amides is 1. The number of hydrogen-bond donors (Lipinski definition) is 2. The highest BCUT2D eigenvalue weighted by Crippen LogP contribution is 2.24. The van der Waals surface area contributed by atoms with Gasteiger partial charge in [0.15, 0.2) is 0 Å². The van der Waals surface area contributed by atoms with Crippen LogP contribution in [0.25, 0.3) is 10.8 Å². The maximum absolute atomic E-state index is 12.2. The fourth-order valence-electron chi connectivity index (χ4n) is 2.93. The van der Waals surface area contributed by atoms with E-state index in [9.17, 15) is 4.79 Å². The van der Waals surface area contributed by atoms with Crippen molar-refractivity contribution >= 4 is 16.7 Å². The van der Waals surface area contributed by atoms with E-state index in [1.54, 1.807) is 0 Å². The van der Waals surface area contributed by atoms with Gasteiger partial charge in [0.1, 0.15) is 0 Å². The molecule has 1 saturated heterocycles. The lowest BCUT2D eigenvalue weighted by Crippen LogP contribution is -2.41. The van der Waals surface area contributed by atoms with Crippen molar-refractivity contribution in [3.63, 3.8) is 0 Å². The van der Waals surface area contributed by atoms with E-state index in [-0.39, 0.29) is 18.0 Å². The minimum Gasteiger partial charge on any atom is -0.348 e. The summed E-state index contributed by atoms with van der Waals surface area (Å²) in [4.78, 5) is 12.2. The third-order valence-electron chi connectivity index (χ3n) is 4.03. The molecule has 0 aromatic heterocycles. The van der Waals surface area contributed by atoms with Gasteiger partial charge in [-0.1, -0.05) is 42.5 Å². The van der Waals surface area contributed by atoms with Gasteiger partial charge in [0, 0.05) is 0 Å². The summed E-state index contributed by atoms with van der Waals surface area (Å²) in [6.45, 7) is 3.00. The van der Waals surface area contributed by atoms with Crippen molar-refractivity contribution in [3.05, 3.63) is 48.0 Å². The van der Waals surface area contributed by atoms with Crippen LogP contribution in [0, 0.1) is 0 Å². The van der Waals surface area contributed by atoms with Crippen LogP contribution in [0.2, 0.25) is 0 Å². The highest BCUT2D eigenvalue weighted by atomic mass is 16.2. The van der Waals surface area contributed by atoms with Crippen molar-refractivity contribution in [2.45, 2.75) is 31.8 Å². The average Bonchev–Trinajstić information content (AvgIpc) is 3.01. The highest BCUT2D eigenvalue weighted by molar-refractivity contribution is 5.87. The Morgan fingerprint density at radius 3 is 2.85 bits per heavy atom. The topological polar surface area (TPSA) is 41.1 Å². The molecule has 3 rings (SSSR count). The smallest absolute Gasteiger partial charge is 0.237 e. The summed E-state index contributed by atoms with van der Waals surface area (Å²) in [7, 11) is 0. The number of carbonyl (C=O) groups is 1. The highest BCUT2D eigenvalue weighted by Gasteiger charge is 2.23. The van der Waals surface area contributed by atoms with Gasteiger partial charge < -0.3 is 10.6 Å². The number of fused-ring (bicyclic) bond motifs is 1. The molecule has 2 atom stereocenters. The van der Waals surface area contributed by atoms with E-state index >= 15 is 0 Å². The summed E-state index contributed by atoms with van der Waals surface area (Å²) < 4.78 is 0. The Morgan fingerprint density at radius 2 is 2.05 bits per heavy atom. The molecule has 20 heavy (non-hydrogen) atoms. The van der Waals surface area contributed by atoms with Gasteiger partial charge in [-0.05, 0) is 42.6 Å². The number of rotatable bonds is 3. The molecule has 1 fully saturated rings. The van der Waals surface area contributed by atoms with Gasteiger partial charge in [0.25, 0.3) is 0 Å². The monoisotopic (exact) mass is 268 g/mol. The summed E-state index contributed by atoms with van der Waals surface area (Å²) in [5.74, 6) is 0.114. The first-order valence-corrected chi connectivity index (χ1v) is 7.27. The molecule has 0 radical (unpaired) electrons. The fraction of sp³-hybridized carbons (Fsp3) is 0.353. The molecule has 1 unspecified atom stereocenters. The Kier molecular flexibility index (Phi) is 3.70. The van der Waals surface area contributed by atoms with Crippen molar-refractivity contribution in [3.8, 4) is 0 Å². The molecule has 2 aromatic carbocycles. The van der Waals surface area contributed by atoms with Crippen LogP contribution >= 0.6 is 0 Å². The zero-order valence-corrected chi connectivity index (χ0v) is 11.7. The Bertz CT molecular complexity index is 612. The van der Waals surface area contributed by atoms with Gasteiger partial charge in [-0.3, -0.25) is 4.79 Å². The minimum atomic E-state index is -0.0209. The van der Waals surface area contributed by atoms with Crippen LogP contribution in [0.15, 0.2) is 42.5 Å². The Hall–Kier alpha value is -1.87. The number of carbonyl (C=O) groups excluding carboxylic acids is 1. The lowest BCUT2D eigenvalue weighted by Gasteiger charge is -2.19. The van der Waals surface area contributed by atoms with Crippen molar-refractivity contribution in [2.75, 3.05) is 6.54 Å². The van der Waals surface area contributed by atoms with Crippen molar-refractivity contribution in [1.29, 1.82) is 0 Å². The third kappa shape index (κ3) is 2.54. The summed E-state index contributed by atoms with van der Waals surface area (Å²) in [6, 6.07) is 14.5. The van der Waals surface area contributed by atoms with Crippen molar-refractivity contribution < 1.29 is 4.79 Å². The number of benzene rings is 2. The first-order valence-electron chi connectivity index (χ1n) is 7.27. The molecular weight excluding hydrogens is 248 g/mol. The molecule has 0 saturated carbocycles. The van der Waals surface area contributed by atoms with E-state index in [0.717, 1.165) is 19.4 Å². The van der Waals surface area contributed by atoms with Gasteiger partial charge in [-0.15, -0.1) is 0 Å². The molecular formula is C17H20N2O. The molecule has 0 spiro atoms. The van der Waals surface area contributed by atoms with Crippen molar-refractivity contribution in [2.24, 2.45) is 0 Å². The lowest BCUT2D eigenvalue weighted by molar-refractivity contribution is -0.123. The maximum Gasteiger partial charge on any atom is 0.237 e. The molecule has 104 valence electrons. The first-order chi connectivity index (χ1) is 9.75. The molecule has 0 bridgehead atoms. The van der Waals surface area contributed by atoms with Crippen LogP contribution in [-0.2, 0) is 4.79 Å². The van der Waals surface area contributed by atoms with E-state index < -0.39 is 0 Å². The van der Waals surface area contributed by atoms with Crippen LogP contribution in [0.1, 0.15) is 31.4 Å². The van der Waals surface area contributed by atoms with Crippen LogP contribution < -0.4 is 10.6 Å². The number of nitrogens with one attached hydrogen (secondary N) is 2. The van der Waals surface area contributed by atoms with Gasteiger partial charge >= 0.3 is 0 Å². The van der Waals surface area contributed by atoms with E-state index in [2.05, 4.69) is 41.8 Å². The van der Waals surface area contributed by atoms with Crippen molar-refractivity contribution in [1.82, 2.24) is 10.6 Å². The molecule has 1 amide bonds. The standard InChI is InChI=1S/C17H20N2O/c1-12(19-17(20)16-10-5-11-18-16)14-9-4-7-13-6-2-3-8-15(13)14/h2-4,6-9,12,16,18H,5,10-11H2,1H3,(H,19,20)/t12?,16-/m1/s1. The molecule has 1 aliphatic rings. The Balaban J connectivity index is 1.81. The average molecular weight is 268 g/mol. The van der Waals surface area contributed by atoms with E-state index in [0.29, 0.717) is 0 Å². The summed E-state index contributed by atoms with van der Waals surface area (Å²) in [5, 5.41) is 8.79. The van der Waals surface area contributed by atoms with Gasteiger partial charge in [-0.25, -0.2) is 0 Å². The largest absolute Gasteiger partial charge is 0.348 e. The lowest BCUT2D eigenvalue weighted by atomic mass is 9.99. The Labute approximate surface area is 119 Å². The number of hydrogen-bond acceptors (Lipinski definition) is 2. The molecule has 2 N–H and O–H groups in total. The Morgan fingerprint density at radius 1 is 1.25 bits per heavy atom. The van der Waals surface area contributed by atoms with E-state index in [1.807, 2.05) is 18.2 Å². The normalized spacial score (nSPS) is 19.9. The zero-order valence-electron chi connectivity index (χ0n) is 11.7. The van der Waals surface area contributed by atoms with Gasteiger partial charge in [0.2, 0.25) is 5.91 Å². The van der Waals surface area contributed by atoms with Crippen LogP contribution in [0.3, 0.4) is 0 Å². The molecule has 1 aliphatic heterocycles. The predicted octanol–water partition coefficient (Wildman–Crippen LogP) is 2.77. The fourth-order valence-corrected chi connectivity index (χ4v) is 2.93. The van der Waals surface area contributed by atoms with Crippen LogP contribution in [0.4, 0.5) is 0 Å². The SMILES string of the molecule is CC(NC(=O)[C@H]1CCCN1)c1cccc2ccccc12. The minimum absolute atomic E-state index is 0.0209. The van der Waals surface area contributed by atoms with Gasteiger partial charge in [0.05, 0.1) is 12.1 Å². The van der Waals surface area contributed by atoms with Crippen LogP contribution in [-0.4, -0.2) is 18.5 Å². The predicted molar refractivity (Wildman–Crippen MR) is 81.5 cm³/mol. The maximum atomic E-state index is 12.2. The molecule has 3 heteroatoms. The summed E-state index contributed by atoms with van der Waals surface area (Å²) >= 11 is 0. The summed E-state index contributed by atoms with van der Waals surface area (Å²) in [6.07, 6.45) is 2.02. The molecule has 3 nitrogen and oxygen atoms in total. The second kappa shape index (κ2) is 5.63. The molecule has 0 aliphatic carbocycles.